The predicted octanol–water partition coefficient (Wildman–Crippen LogP) is 1.16. The standard InChI is InChI=1S/C7H9N2/c1-2-6(1)5-7-3-4-8-9-7/h3,6H,1-2,5H2,(H,8,9). The van der Waals surface area contributed by atoms with E-state index in [-0.39, 0.29) is 0 Å². The van der Waals surface area contributed by atoms with E-state index in [2.05, 4.69) is 16.4 Å². The van der Waals surface area contributed by atoms with Crippen LogP contribution in [0.25, 0.3) is 0 Å². The molecule has 0 bridgehead atoms. The van der Waals surface area contributed by atoms with Crippen LogP contribution in [0.15, 0.2) is 6.07 Å². The molecule has 1 aromatic rings. The van der Waals surface area contributed by atoms with Gasteiger partial charge in [0.05, 0.1) is 11.9 Å². The van der Waals surface area contributed by atoms with Crippen LogP contribution in [0.3, 0.4) is 0 Å². The highest BCUT2D eigenvalue weighted by Gasteiger charge is 2.21. The van der Waals surface area contributed by atoms with E-state index in [1.165, 1.54) is 12.8 Å². The van der Waals surface area contributed by atoms with Gasteiger partial charge in [-0.15, -0.1) is 0 Å². The van der Waals surface area contributed by atoms with Crippen LogP contribution in [0.2, 0.25) is 0 Å². The Bertz CT molecular complexity index is 175. The van der Waals surface area contributed by atoms with Gasteiger partial charge in [0.2, 0.25) is 0 Å². The summed E-state index contributed by atoms with van der Waals surface area (Å²) in [6.07, 6.45) is 6.77. The lowest BCUT2D eigenvalue weighted by Crippen LogP contribution is -1.85. The fraction of sp³-hybridized carbons (Fsp3) is 0.571. The van der Waals surface area contributed by atoms with Crippen LogP contribution < -0.4 is 0 Å². The van der Waals surface area contributed by atoms with Crippen molar-refractivity contribution in [3.63, 3.8) is 0 Å². The quantitative estimate of drug-likeness (QED) is 0.625. The van der Waals surface area contributed by atoms with E-state index in [1.807, 2.05) is 6.07 Å². The number of aromatic nitrogens is 2. The maximum absolute atomic E-state index is 4.02. The van der Waals surface area contributed by atoms with Crippen molar-refractivity contribution in [2.75, 3.05) is 0 Å². The van der Waals surface area contributed by atoms with Crippen molar-refractivity contribution in [2.24, 2.45) is 5.92 Å². The molecule has 1 saturated carbocycles. The molecule has 0 atom stereocenters. The van der Waals surface area contributed by atoms with Gasteiger partial charge in [-0.2, -0.15) is 5.10 Å². The highest BCUT2D eigenvalue weighted by Crippen LogP contribution is 2.31. The van der Waals surface area contributed by atoms with Crippen LogP contribution >= 0.6 is 0 Å². The molecule has 9 heavy (non-hydrogen) atoms. The number of hydrogen-bond acceptors (Lipinski definition) is 1. The summed E-state index contributed by atoms with van der Waals surface area (Å²) >= 11 is 0. The Kier molecular flexibility index (Phi) is 1.04. The topological polar surface area (TPSA) is 28.7 Å². The van der Waals surface area contributed by atoms with Gasteiger partial charge in [0.25, 0.3) is 0 Å². The van der Waals surface area contributed by atoms with E-state index >= 15 is 0 Å². The molecule has 2 nitrogen and oxygen atoms in total. The molecular weight excluding hydrogens is 112 g/mol. The van der Waals surface area contributed by atoms with Gasteiger partial charge < -0.3 is 0 Å². The van der Waals surface area contributed by atoms with E-state index in [9.17, 15) is 0 Å². The van der Waals surface area contributed by atoms with Gasteiger partial charge in [-0.3, -0.25) is 5.10 Å². The maximum Gasteiger partial charge on any atom is 0.0831 e. The number of aromatic amines is 1. The van der Waals surface area contributed by atoms with E-state index < -0.39 is 0 Å². The molecule has 2 heteroatoms. The minimum atomic E-state index is 0.932. The van der Waals surface area contributed by atoms with Crippen LogP contribution in [0.5, 0.6) is 0 Å². The first-order valence-corrected chi connectivity index (χ1v) is 3.35. The van der Waals surface area contributed by atoms with Gasteiger partial charge in [0, 0.05) is 0 Å². The Morgan fingerprint density at radius 3 is 3.22 bits per heavy atom. The predicted molar refractivity (Wildman–Crippen MR) is 33.9 cm³/mol. The SMILES string of the molecule is [c]1cc(CC2CC2)n[nH]1. The molecule has 0 amide bonds. The molecule has 0 saturated heterocycles. The second-order valence-corrected chi connectivity index (χ2v) is 2.65. The molecule has 0 aliphatic heterocycles. The highest BCUT2D eigenvalue weighted by molar-refractivity contribution is 4.99. The summed E-state index contributed by atoms with van der Waals surface area (Å²) in [5.41, 5.74) is 1.16. The Morgan fingerprint density at radius 1 is 1.78 bits per heavy atom. The van der Waals surface area contributed by atoms with Crippen LogP contribution in [0.4, 0.5) is 0 Å². The van der Waals surface area contributed by atoms with Crippen LogP contribution in [-0.4, -0.2) is 10.2 Å². The lowest BCUT2D eigenvalue weighted by Gasteiger charge is -1.86. The number of nitrogens with one attached hydrogen (secondary N) is 1. The second kappa shape index (κ2) is 1.87. The third kappa shape index (κ3) is 1.12. The minimum Gasteiger partial charge on any atom is -0.276 e. The number of H-pyrrole nitrogens is 1. The van der Waals surface area contributed by atoms with Gasteiger partial charge in [-0.25, -0.2) is 0 Å². The minimum absolute atomic E-state index is 0.932. The van der Waals surface area contributed by atoms with Crippen molar-refractivity contribution in [3.8, 4) is 0 Å². The number of rotatable bonds is 2. The molecular formula is C7H9N2. The Labute approximate surface area is 54.3 Å². The van der Waals surface area contributed by atoms with Crippen molar-refractivity contribution in [3.05, 3.63) is 18.0 Å². The summed E-state index contributed by atoms with van der Waals surface area (Å²) in [6.45, 7) is 0. The van der Waals surface area contributed by atoms with Crippen molar-refractivity contribution >= 4 is 0 Å². The average molecular weight is 121 g/mol. The molecule has 2 rings (SSSR count). The van der Waals surface area contributed by atoms with E-state index in [0.717, 1.165) is 18.0 Å². The molecule has 1 aliphatic rings. The van der Waals surface area contributed by atoms with Gasteiger partial charge in [0.1, 0.15) is 0 Å². The second-order valence-electron chi connectivity index (χ2n) is 2.65. The highest BCUT2D eigenvalue weighted by atomic mass is 15.1. The molecule has 1 radical (unpaired) electrons. The van der Waals surface area contributed by atoms with E-state index in [4.69, 9.17) is 0 Å². The lowest BCUT2D eigenvalue weighted by molar-refractivity contribution is 0.796. The van der Waals surface area contributed by atoms with Crippen LogP contribution in [0, 0.1) is 12.1 Å². The Balaban J connectivity index is 1.99. The Morgan fingerprint density at radius 2 is 2.67 bits per heavy atom. The molecule has 1 aromatic heterocycles. The summed E-state index contributed by atoms with van der Waals surface area (Å²) in [5.74, 6) is 0.932. The molecule has 1 aliphatic carbocycles. The monoisotopic (exact) mass is 121 g/mol. The fourth-order valence-electron chi connectivity index (χ4n) is 0.974. The molecule has 0 spiro atoms. The lowest BCUT2D eigenvalue weighted by atomic mass is 10.2. The van der Waals surface area contributed by atoms with Crippen molar-refractivity contribution < 1.29 is 0 Å². The fourth-order valence-corrected chi connectivity index (χ4v) is 0.974. The molecule has 0 aromatic carbocycles. The zero-order chi connectivity index (χ0) is 6.10. The number of nitrogens with zero attached hydrogens (tertiary/aromatic N) is 1. The first-order valence-electron chi connectivity index (χ1n) is 3.35. The van der Waals surface area contributed by atoms with Gasteiger partial charge >= 0.3 is 0 Å². The van der Waals surface area contributed by atoms with Crippen LogP contribution in [-0.2, 0) is 6.42 Å². The summed E-state index contributed by atoms with van der Waals surface area (Å²) in [4.78, 5) is 0. The van der Waals surface area contributed by atoms with E-state index in [0.29, 0.717) is 0 Å². The summed E-state index contributed by atoms with van der Waals surface area (Å²) in [6, 6.07) is 1.93. The largest absolute Gasteiger partial charge is 0.276 e. The van der Waals surface area contributed by atoms with Crippen molar-refractivity contribution in [2.45, 2.75) is 19.3 Å². The normalized spacial score (nSPS) is 18.2. The summed E-state index contributed by atoms with van der Waals surface area (Å²) in [7, 11) is 0. The van der Waals surface area contributed by atoms with Gasteiger partial charge in [-0.05, 0) is 31.2 Å². The maximum atomic E-state index is 4.02. The van der Waals surface area contributed by atoms with Gasteiger partial charge in [-0.1, -0.05) is 0 Å². The third-order valence-corrected chi connectivity index (χ3v) is 1.70. The molecule has 1 heterocycles. The molecule has 1 fully saturated rings. The van der Waals surface area contributed by atoms with Crippen molar-refractivity contribution in [1.29, 1.82) is 0 Å². The molecule has 47 valence electrons. The third-order valence-electron chi connectivity index (χ3n) is 1.70. The van der Waals surface area contributed by atoms with E-state index in [1.54, 1.807) is 0 Å². The first kappa shape index (κ1) is 5.03. The summed E-state index contributed by atoms with van der Waals surface area (Å²) in [5, 5.41) is 6.70. The van der Waals surface area contributed by atoms with Crippen molar-refractivity contribution in [1.82, 2.24) is 10.2 Å². The summed E-state index contributed by atoms with van der Waals surface area (Å²) < 4.78 is 0. The smallest absolute Gasteiger partial charge is 0.0831 e. The first-order chi connectivity index (χ1) is 4.45. The Hall–Kier alpha value is -0.790. The molecule has 0 unspecified atom stereocenters. The van der Waals surface area contributed by atoms with Crippen LogP contribution in [0.1, 0.15) is 18.5 Å². The molecule has 1 N–H and O–H groups in total. The zero-order valence-electron chi connectivity index (χ0n) is 5.22. The van der Waals surface area contributed by atoms with Gasteiger partial charge in [0.15, 0.2) is 0 Å². The average Bonchev–Trinajstić information content (AvgIpc) is 2.46. The zero-order valence-corrected chi connectivity index (χ0v) is 5.22. The number of hydrogen-bond donors (Lipinski definition) is 1.